The van der Waals surface area contributed by atoms with E-state index >= 15 is 0 Å². The van der Waals surface area contributed by atoms with Crippen LogP contribution in [-0.4, -0.2) is 44.1 Å². The molecular formula is C21H24N2O5. The maximum Gasteiger partial charge on any atom is 0.338 e. The molecule has 2 rings (SSSR count). The van der Waals surface area contributed by atoms with Crippen molar-refractivity contribution in [2.45, 2.75) is 13.8 Å². The fourth-order valence-corrected chi connectivity index (χ4v) is 2.48. The first-order valence-corrected chi connectivity index (χ1v) is 9.01. The number of carbonyl (C=O) groups excluding carboxylic acids is 3. The minimum Gasteiger partial charge on any atom is -0.484 e. The van der Waals surface area contributed by atoms with Crippen LogP contribution in [0.3, 0.4) is 0 Å². The monoisotopic (exact) mass is 384 g/mol. The molecule has 148 valence electrons. The van der Waals surface area contributed by atoms with Crippen LogP contribution in [0.5, 0.6) is 5.75 Å². The molecular weight excluding hydrogens is 360 g/mol. The number of rotatable bonds is 9. The third-order valence-electron chi connectivity index (χ3n) is 3.84. The number of hydrogen-bond acceptors (Lipinski definition) is 5. The summed E-state index contributed by atoms with van der Waals surface area (Å²) in [5.74, 6) is -0.234. The molecule has 0 unspecified atom stereocenters. The van der Waals surface area contributed by atoms with Crippen LogP contribution in [-0.2, 0) is 14.3 Å². The molecule has 0 aliphatic carbocycles. The fraction of sp³-hybridized carbons (Fsp3) is 0.286. The number of ether oxygens (including phenoxy) is 2. The van der Waals surface area contributed by atoms with Crippen molar-refractivity contribution in [2.24, 2.45) is 0 Å². The minimum absolute atomic E-state index is 0.0989. The zero-order chi connectivity index (χ0) is 20.4. The molecule has 0 bridgehead atoms. The summed E-state index contributed by atoms with van der Waals surface area (Å²) in [6, 6.07) is 15.6. The Morgan fingerprint density at radius 3 is 2.29 bits per heavy atom. The second-order valence-electron chi connectivity index (χ2n) is 5.89. The van der Waals surface area contributed by atoms with E-state index in [0.717, 1.165) is 0 Å². The molecule has 2 aromatic carbocycles. The SMILES string of the molecule is CCOC(=O)c1ccc(N(CCNC(=O)COc2ccccc2)C(C)=O)cc1. The van der Waals surface area contributed by atoms with E-state index in [9.17, 15) is 14.4 Å². The Morgan fingerprint density at radius 2 is 1.68 bits per heavy atom. The molecule has 28 heavy (non-hydrogen) atoms. The van der Waals surface area contributed by atoms with Crippen molar-refractivity contribution in [1.82, 2.24) is 5.32 Å². The molecule has 0 spiro atoms. The van der Waals surface area contributed by atoms with Gasteiger partial charge in [0, 0.05) is 25.7 Å². The molecule has 1 N–H and O–H groups in total. The van der Waals surface area contributed by atoms with Gasteiger partial charge in [-0.25, -0.2) is 4.79 Å². The summed E-state index contributed by atoms with van der Waals surface area (Å²) >= 11 is 0. The van der Waals surface area contributed by atoms with Gasteiger partial charge in [-0.2, -0.15) is 0 Å². The topological polar surface area (TPSA) is 84.9 Å². The first-order valence-electron chi connectivity index (χ1n) is 9.01. The molecule has 0 aromatic heterocycles. The van der Waals surface area contributed by atoms with E-state index in [1.165, 1.54) is 11.8 Å². The largest absolute Gasteiger partial charge is 0.484 e. The Balaban J connectivity index is 1.84. The average molecular weight is 384 g/mol. The van der Waals surface area contributed by atoms with Gasteiger partial charge in [0.05, 0.1) is 12.2 Å². The molecule has 0 aliphatic heterocycles. The van der Waals surface area contributed by atoms with Crippen molar-refractivity contribution < 1.29 is 23.9 Å². The smallest absolute Gasteiger partial charge is 0.338 e. The first-order chi connectivity index (χ1) is 13.5. The van der Waals surface area contributed by atoms with Crippen molar-refractivity contribution in [2.75, 3.05) is 31.2 Å². The lowest BCUT2D eigenvalue weighted by atomic mass is 10.2. The van der Waals surface area contributed by atoms with Gasteiger partial charge in [-0.3, -0.25) is 9.59 Å². The van der Waals surface area contributed by atoms with Gasteiger partial charge in [0.15, 0.2) is 6.61 Å². The summed E-state index contributed by atoms with van der Waals surface area (Å²) in [6.07, 6.45) is 0. The van der Waals surface area contributed by atoms with Crippen LogP contribution in [0.4, 0.5) is 5.69 Å². The molecule has 7 heteroatoms. The number of hydrogen-bond donors (Lipinski definition) is 1. The Hall–Kier alpha value is -3.35. The quantitative estimate of drug-likeness (QED) is 0.671. The predicted molar refractivity (Wildman–Crippen MR) is 105 cm³/mol. The van der Waals surface area contributed by atoms with Crippen LogP contribution < -0.4 is 15.0 Å². The molecule has 0 saturated heterocycles. The molecule has 0 saturated carbocycles. The van der Waals surface area contributed by atoms with Gasteiger partial charge in [-0.05, 0) is 43.3 Å². The van der Waals surface area contributed by atoms with Gasteiger partial charge >= 0.3 is 5.97 Å². The van der Waals surface area contributed by atoms with Crippen molar-refractivity contribution in [3.63, 3.8) is 0 Å². The van der Waals surface area contributed by atoms with Crippen molar-refractivity contribution >= 4 is 23.5 Å². The number of anilines is 1. The first kappa shape index (κ1) is 21.0. The number of nitrogens with one attached hydrogen (secondary N) is 1. The summed E-state index contributed by atoms with van der Waals surface area (Å²) in [4.78, 5) is 37.1. The highest BCUT2D eigenvalue weighted by molar-refractivity contribution is 5.93. The molecule has 0 aliphatic rings. The zero-order valence-electron chi connectivity index (χ0n) is 16.0. The van der Waals surface area contributed by atoms with Crippen LogP contribution in [0.2, 0.25) is 0 Å². The Bertz CT molecular complexity index is 790. The summed E-state index contributed by atoms with van der Waals surface area (Å²) in [5, 5.41) is 2.72. The highest BCUT2D eigenvalue weighted by atomic mass is 16.5. The van der Waals surface area contributed by atoms with Gasteiger partial charge in [0.1, 0.15) is 5.75 Å². The Kier molecular flexibility index (Phi) is 8.02. The molecule has 2 amide bonds. The van der Waals surface area contributed by atoms with E-state index in [1.807, 2.05) is 18.2 Å². The Labute approximate surface area is 164 Å². The molecule has 2 aromatic rings. The Morgan fingerprint density at radius 1 is 1.00 bits per heavy atom. The summed E-state index contributed by atoms with van der Waals surface area (Å²) in [6.45, 7) is 3.95. The molecule has 7 nitrogen and oxygen atoms in total. The highest BCUT2D eigenvalue weighted by Gasteiger charge is 2.13. The number of esters is 1. The highest BCUT2D eigenvalue weighted by Crippen LogP contribution is 2.16. The average Bonchev–Trinajstić information content (AvgIpc) is 2.70. The van der Waals surface area contributed by atoms with Crippen molar-refractivity contribution in [1.29, 1.82) is 0 Å². The molecule has 0 atom stereocenters. The predicted octanol–water partition coefficient (Wildman–Crippen LogP) is 2.41. The lowest BCUT2D eigenvalue weighted by Gasteiger charge is -2.21. The van der Waals surface area contributed by atoms with E-state index in [4.69, 9.17) is 9.47 Å². The van der Waals surface area contributed by atoms with Crippen LogP contribution in [0.1, 0.15) is 24.2 Å². The summed E-state index contributed by atoms with van der Waals surface area (Å²) in [7, 11) is 0. The van der Waals surface area contributed by atoms with E-state index in [2.05, 4.69) is 5.32 Å². The van der Waals surface area contributed by atoms with E-state index in [1.54, 1.807) is 43.3 Å². The van der Waals surface area contributed by atoms with Gasteiger partial charge < -0.3 is 19.7 Å². The molecule has 0 radical (unpaired) electrons. The van der Waals surface area contributed by atoms with Crippen LogP contribution >= 0.6 is 0 Å². The molecule has 0 heterocycles. The minimum atomic E-state index is -0.408. The van der Waals surface area contributed by atoms with E-state index in [0.29, 0.717) is 30.2 Å². The van der Waals surface area contributed by atoms with Crippen LogP contribution in [0.15, 0.2) is 54.6 Å². The van der Waals surface area contributed by atoms with Crippen molar-refractivity contribution in [3.8, 4) is 5.75 Å². The number of nitrogens with zero attached hydrogens (tertiary/aromatic N) is 1. The van der Waals surface area contributed by atoms with Gasteiger partial charge in [-0.1, -0.05) is 18.2 Å². The summed E-state index contributed by atoms with van der Waals surface area (Å²) in [5.41, 5.74) is 1.05. The standard InChI is InChI=1S/C21H24N2O5/c1-3-27-21(26)17-9-11-18(12-10-17)23(16(2)24)14-13-22-20(25)15-28-19-7-5-4-6-8-19/h4-12H,3,13-15H2,1-2H3,(H,22,25). The lowest BCUT2D eigenvalue weighted by Crippen LogP contribution is -2.39. The maximum atomic E-state index is 11.9. The fourth-order valence-electron chi connectivity index (χ4n) is 2.48. The van der Waals surface area contributed by atoms with Crippen LogP contribution in [0.25, 0.3) is 0 Å². The normalized spacial score (nSPS) is 10.1. The number of carbonyl (C=O) groups is 3. The summed E-state index contributed by atoms with van der Waals surface area (Å²) < 4.78 is 10.3. The second-order valence-corrected chi connectivity index (χ2v) is 5.89. The second kappa shape index (κ2) is 10.7. The molecule has 0 fully saturated rings. The lowest BCUT2D eigenvalue weighted by molar-refractivity contribution is -0.123. The van der Waals surface area contributed by atoms with Crippen molar-refractivity contribution in [3.05, 3.63) is 60.2 Å². The van der Waals surface area contributed by atoms with Gasteiger partial charge in [0.25, 0.3) is 5.91 Å². The number of amides is 2. The number of para-hydroxylation sites is 1. The third kappa shape index (κ3) is 6.42. The van der Waals surface area contributed by atoms with Gasteiger partial charge in [0.2, 0.25) is 5.91 Å². The van der Waals surface area contributed by atoms with Crippen LogP contribution in [0, 0.1) is 0 Å². The number of benzene rings is 2. The van der Waals surface area contributed by atoms with Gasteiger partial charge in [-0.15, -0.1) is 0 Å². The zero-order valence-corrected chi connectivity index (χ0v) is 16.0. The third-order valence-corrected chi connectivity index (χ3v) is 3.84. The van der Waals surface area contributed by atoms with E-state index < -0.39 is 5.97 Å². The maximum absolute atomic E-state index is 11.9. The van der Waals surface area contributed by atoms with E-state index in [-0.39, 0.29) is 25.0 Å².